The van der Waals surface area contributed by atoms with Crippen LogP contribution in [0.25, 0.3) is 16.7 Å². The van der Waals surface area contributed by atoms with E-state index in [0.717, 1.165) is 31.0 Å². The lowest BCUT2D eigenvalue weighted by Gasteiger charge is -2.18. The van der Waals surface area contributed by atoms with Crippen LogP contribution in [0.4, 0.5) is 26.3 Å². The normalized spacial score (nSPS) is 17.0. The second-order valence-electron chi connectivity index (χ2n) is 9.34. The van der Waals surface area contributed by atoms with Gasteiger partial charge >= 0.3 is 12.5 Å². The van der Waals surface area contributed by atoms with Crippen molar-refractivity contribution in [2.75, 3.05) is 13.1 Å². The van der Waals surface area contributed by atoms with Gasteiger partial charge in [-0.1, -0.05) is 6.07 Å². The summed E-state index contributed by atoms with van der Waals surface area (Å²) in [5, 5.41) is 0. The summed E-state index contributed by atoms with van der Waals surface area (Å²) in [6.45, 7) is 1.96. The van der Waals surface area contributed by atoms with E-state index in [1.54, 1.807) is 17.3 Å². The number of ether oxygens (including phenoxy) is 1. The molecule has 2 unspecified atom stereocenters. The predicted octanol–water partition coefficient (Wildman–Crippen LogP) is 6.61. The zero-order chi connectivity index (χ0) is 27.9. The van der Waals surface area contributed by atoms with E-state index in [2.05, 4.69) is 14.7 Å². The molecule has 204 valence electrons. The first-order chi connectivity index (χ1) is 18.4. The van der Waals surface area contributed by atoms with Crippen LogP contribution < -0.4 is 4.74 Å². The molecular formula is C27H22F6N4O2. The number of carbonyl (C=O) groups is 1. The maximum atomic E-state index is 13.7. The maximum absolute atomic E-state index is 13.7. The van der Waals surface area contributed by atoms with Crippen molar-refractivity contribution >= 4 is 16.9 Å². The summed E-state index contributed by atoms with van der Waals surface area (Å²) in [7, 11) is 0. The first-order valence-corrected chi connectivity index (χ1v) is 12.1. The van der Waals surface area contributed by atoms with Gasteiger partial charge in [0.2, 0.25) is 0 Å². The van der Waals surface area contributed by atoms with Crippen LogP contribution in [0.2, 0.25) is 0 Å². The molecule has 1 saturated heterocycles. The molecular weight excluding hydrogens is 526 g/mol. The number of imidazole rings is 1. The molecule has 1 aliphatic rings. The van der Waals surface area contributed by atoms with Crippen LogP contribution in [0.15, 0.2) is 67.0 Å². The van der Waals surface area contributed by atoms with E-state index in [9.17, 15) is 31.1 Å². The Balaban J connectivity index is 1.48. The van der Waals surface area contributed by atoms with Crippen LogP contribution in [0, 0.1) is 0 Å². The van der Waals surface area contributed by atoms with E-state index in [-0.39, 0.29) is 39.9 Å². The highest BCUT2D eigenvalue weighted by Gasteiger charge is 2.41. The fourth-order valence-corrected chi connectivity index (χ4v) is 4.75. The minimum absolute atomic E-state index is 0.133. The lowest BCUT2D eigenvalue weighted by atomic mass is 10.0. The number of benzene rings is 2. The molecule has 3 heterocycles. The SMILES string of the molecule is CC(c1nc2cc(C(=O)N3CCC(c4cccnc4)C3)ccc2n1-c1ccc(OC(F)(F)F)cc1)C(F)(F)F. The van der Waals surface area contributed by atoms with Crippen molar-refractivity contribution in [1.29, 1.82) is 0 Å². The van der Waals surface area contributed by atoms with E-state index in [4.69, 9.17) is 0 Å². The Bertz CT molecular complexity index is 1480. The number of likely N-dealkylation sites (tertiary alicyclic amines) is 1. The largest absolute Gasteiger partial charge is 0.573 e. The molecule has 6 nitrogen and oxygen atoms in total. The third-order valence-corrected chi connectivity index (χ3v) is 6.77. The second kappa shape index (κ2) is 9.90. The maximum Gasteiger partial charge on any atom is 0.573 e. The lowest BCUT2D eigenvalue weighted by Crippen LogP contribution is -2.28. The molecule has 4 aromatic rings. The Morgan fingerprint density at radius 2 is 1.79 bits per heavy atom. The number of aromatic nitrogens is 3. The molecule has 0 bridgehead atoms. The number of hydrogen-bond donors (Lipinski definition) is 0. The molecule has 1 amide bonds. The van der Waals surface area contributed by atoms with Gasteiger partial charge in [-0.3, -0.25) is 14.3 Å². The number of amides is 1. The number of nitrogens with zero attached hydrogens (tertiary/aromatic N) is 4. The van der Waals surface area contributed by atoms with Crippen molar-refractivity contribution in [2.45, 2.75) is 37.7 Å². The second-order valence-corrected chi connectivity index (χ2v) is 9.34. The summed E-state index contributed by atoms with van der Waals surface area (Å²) < 4.78 is 84.0. The number of fused-ring (bicyclic) bond motifs is 1. The topological polar surface area (TPSA) is 60.2 Å². The van der Waals surface area contributed by atoms with Gasteiger partial charge in [0.25, 0.3) is 5.91 Å². The van der Waals surface area contributed by atoms with Gasteiger partial charge in [0.05, 0.1) is 11.0 Å². The van der Waals surface area contributed by atoms with Gasteiger partial charge in [-0.25, -0.2) is 4.98 Å². The molecule has 0 saturated carbocycles. The average molecular weight is 548 g/mol. The molecule has 2 atom stereocenters. The molecule has 0 aliphatic carbocycles. The smallest absolute Gasteiger partial charge is 0.406 e. The van der Waals surface area contributed by atoms with Gasteiger partial charge < -0.3 is 9.64 Å². The number of rotatable bonds is 5. The first kappa shape index (κ1) is 26.5. The van der Waals surface area contributed by atoms with Crippen LogP contribution in [0.3, 0.4) is 0 Å². The van der Waals surface area contributed by atoms with Gasteiger partial charge in [-0.2, -0.15) is 13.2 Å². The summed E-state index contributed by atoms with van der Waals surface area (Å²) in [6.07, 6.45) is -5.34. The number of halogens is 6. The minimum atomic E-state index is -4.91. The van der Waals surface area contributed by atoms with Gasteiger partial charge in [0.1, 0.15) is 17.5 Å². The van der Waals surface area contributed by atoms with Gasteiger partial charge in [0.15, 0.2) is 0 Å². The molecule has 1 fully saturated rings. The lowest BCUT2D eigenvalue weighted by molar-refractivity contribution is -0.274. The monoisotopic (exact) mass is 548 g/mol. The van der Waals surface area contributed by atoms with Crippen LogP contribution >= 0.6 is 0 Å². The molecule has 12 heteroatoms. The Labute approximate surface area is 218 Å². The van der Waals surface area contributed by atoms with E-state index in [1.165, 1.54) is 34.9 Å². The van der Waals surface area contributed by atoms with Crippen molar-refractivity contribution in [3.05, 3.63) is 83.9 Å². The van der Waals surface area contributed by atoms with Gasteiger partial charge in [0, 0.05) is 42.7 Å². The summed E-state index contributed by atoms with van der Waals surface area (Å²) in [4.78, 5) is 23.3. The molecule has 0 N–H and O–H groups in total. The highest BCUT2D eigenvalue weighted by molar-refractivity contribution is 5.98. The van der Waals surface area contributed by atoms with Crippen LogP contribution in [-0.2, 0) is 0 Å². The molecule has 2 aromatic carbocycles. The van der Waals surface area contributed by atoms with Crippen LogP contribution in [-0.4, -0.2) is 51.0 Å². The summed E-state index contributed by atoms with van der Waals surface area (Å²) in [5.41, 5.74) is 1.90. The summed E-state index contributed by atoms with van der Waals surface area (Å²) in [6, 6.07) is 12.7. The molecule has 1 aliphatic heterocycles. The highest BCUT2D eigenvalue weighted by Crippen LogP contribution is 2.37. The van der Waals surface area contributed by atoms with Crippen molar-refractivity contribution in [2.24, 2.45) is 0 Å². The van der Waals surface area contributed by atoms with Crippen LogP contribution in [0.5, 0.6) is 5.75 Å². The fourth-order valence-electron chi connectivity index (χ4n) is 4.75. The van der Waals surface area contributed by atoms with Crippen molar-refractivity contribution in [3.63, 3.8) is 0 Å². The van der Waals surface area contributed by atoms with E-state index in [0.29, 0.717) is 13.1 Å². The third-order valence-electron chi connectivity index (χ3n) is 6.77. The Kier molecular flexibility index (Phi) is 6.73. The molecule has 5 rings (SSSR count). The van der Waals surface area contributed by atoms with Crippen molar-refractivity contribution in [1.82, 2.24) is 19.4 Å². The Morgan fingerprint density at radius 3 is 2.44 bits per heavy atom. The molecule has 2 aromatic heterocycles. The fraction of sp³-hybridized carbons (Fsp3) is 0.296. The number of carbonyl (C=O) groups excluding carboxylic acids is 1. The minimum Gasteiger partial charge on any atom is -0.406 e. The number of pyridine rings is 1. The zero-order valence-electron chi connectivity index (χ0n) is 20.5. The average Bonchev–Trinajstić information content (AvgIpc) is 3.52. The standard InChI is InChI=1S/C27H22F6N4O2/c1-16(26(28,29)30)24-35-22-13-17(25(38)36-12-10-19(15-36)18-3-2-11-34-14-18)4-9-23(22)37(24)20-5-7-21(8-6-20)39-27(31,32)33/h2-9,11,13-14,16,19H,10,12,15H2,1H3. The van der Waals surface area contributed by atoms with Crippen molar-refractivity contribution < 1.29 is 35.9 Å². The first-order valence-electron chi connectivity index (χ1n) is 12.1. The summed E-state index contributed by atoms with van der Waals surface area (Å²) in [5.74, 6) is -2.99. The van der Waals surface area contributed by atoms with E-state index >= 15 is 0 Å². The highest BCUT2D eigenvalue weighted by atomic mass is 19.4. The zero-order valence-corrected chi connectivity index (χ0v) is 20.5. The quantitative estimate of drug-likeness (QED) is 0.263. The molecule has 0 radical (unpaired) electrons. The Hall–Kier alpha value is -4.09. The van der Waals surface area contributed by atoms with E-state index in [1.807, 2.05) is 12.1 Å². The molecule has 39 heavy (non-hydrogen) atoms. The van der Waals surface area contributed by atoms with Gasteiger partial charge in [-0.15, -0.1) is 13.2 Å². The van der Waals surface area contributed by atoms with Crippen molar-refractivity contribution in [3.8, 4) is 11.4 Å². The third kappa shape index (κ3) is 5.55. The number of hydrogen-bond acceptors (Lipinski definition) is 4. The number of alkyl halides is 6. The molecule has 0 spiro atoms. The van der Waals surface area contributed by atoms with E-state index < -0.39 is 24.2 Å². The predicted molar refractivity (Wildman–Crippen MR) is 130 cm³/mol. The summed E-state index contributed by atoms with van der Waals surface area (Å²) >= 11 is 0. The van der Waals surface area contributed by atoms with Gasteiger partial charge in [-0.05, 0) is 67.4 Å². The Morgan fingerprint density at radius 1 is 1.05 bits per heavy atom. The van der Waals surface area contributed by atoms with Crippen LogP contribution in [0.1, 0.15) is 46.9 Å².